The van der Waals surface area contributed by atoms with Crippen molar-refractivity contribution in [2.24, 2.45) is 0 Å². The number of hydrogen-bond donors (Lipinski definition) is 1. The highest BCUT2D eigenvalue weighted by molar-refractivity contribution is 8.00. The number of amides is 2. The van der Waals surface area contributed by atoms with Crippen molar-refractivity contribution < 1.29 is 22.8 Å². The molecule has 0 radical (unpaired) electrons. The highest BCUT2D eigenvalue weighted by atomic mass is 32.2. The molecule has 2 amide bonds. The van der Waals surface area contributed by atoms with E-state index >= 15 is 0 Å². The maximum absolute atomic E-state index is 13.0. The molecule has 0 spiro atoms. The van der Waals surface area contributed by atoms with Crippen molar-refractivity contribution in [3.63, 3.8) is 0 Å². The number of hydrogen-bond acceptors (Lipinski definition) is 3. The lowest BCUT2D eigenvalue weighted by Gasteiger charge is -2.25. The van der Waals surface area contributed by atoms with Crippen LogP contribution in [0.15, 0.2) is 78.9 Å². The minimum absolute atomic E-state index is 0.124. The van der Waals surface area contributed by atoms with Gasteiger partial charge >= 0.3 is 6.18 Å². The molecule has 1 aliphatic rings. The molecule has 3 aromatic carbocycles. The normalized spacial score (nSPS) is 17.0. The summed E-state index contributed by atoms with van der Waals surface area (Å²) in [5.74, 6) is -0.385. The molecule has 4 rings (SSSR count). The zero-order valence-corrected chi connectivity index (χ0v) is 19.2. The van der Waals surface area contributed by atoms with Gasteiger partial charge in [0, 0.05) is 11.4 Å². The smallest absolute Gasteiger partial charge is 0.326 e. The van der Waals surface area contributed by atoms with Gasteiger partial charge in [0.2, 0.25) is 11.8 Å². The van der Waals surface area contributed by atoms with E-state index in [1.165, 1.54) is 28.8 Å². The topological polar surface area (TPSA) is 49.4 Å². The van der Waals surface area contributed by atoms with Crippen LogP contribution in [0, 0.1) is 0 Å². The molecule has 1 saturated heterocycles. The van der Waals surface area contributed by atoms with Crippen LogP contribution in [0.4, 0.5) is 24.5 Å². The van der Waals surface area contributed by atoms with Crippen molar-refractivity contribution in [3.8, 4) is 0 Å². The van der Waals surface area contributed by atoms with E-state index in [1.54, 1.807) is 12.1 Å². The molecule has 176 valence electrons. The van der Waals surface area contributed by atoms with Crippen molar-refractivity contribution in [2.75, 3.05) is 16.0 Å². The Hall–Kier alpha value is -3.26. The fraction of sp³-hybridized carbons (Fsp3) is 0.231. The van der Waals surface area contributed by atoms with E-state index in [2.05, 4.69) is 5.32 Å². The van der Waals surface area contributed by atoms with Gasteiger partial charge in [0.1, 0.15) is 5.37 Å². The average molecular weight is 485 g/mol. The van der Waals surface area contributed by atoms with Gasteiger partial charge in [0.05, 0.1) is 17.2 Å². The predicted molar refractivity (Wildman–Crippen MR) is 129 cm³/mol. The lowest BCUT2D eigenvalue weighted by molar-refractivity contribution is -0.137. The fourth-order valence-electron chi connectivity index (χ4n) is 4.02. The molecule has 1 aliphatic heterocycles. The number of nitrogens with zero attached hydrogens (tertiary/aromatic N) is 1. The maximum Gasteiger partial charge on any atom is 0.416 e. The summed E-state index contributed by atoms with van der Waals surface area (Å²) in [5, 5.41) is 2.56. The third-order valence-corrected chi connectivity index (χ3v) is 6.92. The second-order valence-corrected chi connectivity index (χ2v) is 9.03. The first-order valence-corrected chi connectivity index (χ1v) is 11.9. The Balaban J connectivity index is 1.55. The van der Waals surface area contributed by atoms with E-state index in [1.807, 2.05) is 49.4 Å². The highest BCUT2D eigenvalue weighted by Crippen LogP contribution is 2.43. The van der Waals surface area contributed by atoms with Gasteiger partial charge in [-0.25, -0.2) is 0 Å². The van der Waals surface area contributed by atoms with Crippen LogP contribution >= 0.6 is 11.8 Å². The van der Waals surface area contributed by atoms with E-state index in [4.69, 9.17) is 0 Å². The van der Waals surface area contributed by atoms with Gasteiger partial charge < -0.3 is 5.32 Å². The lowest BCUT2D eigenvalue weighted by Crippen LogP contribution is -2.28. The van der Waals surface area contributed by atoms with E-state index in [0.29, 0.717) is 17.8 Å². The fourth-order valence-corrected chi connectivity index (χ4v) is 5.18. The van der Waals surface area contributed by atoms with Gasteiger partial charge in [-0.2, -0.15) is 13.2 Å². The van der Waals surface area contributed by atoms with Crippen molar-refractivity contribution >= 4 is 35.0 Å². The Morgan fingerprint density at radius 3 is 2.41 bits per heavy atom. The number of anilines is 2. The van der Waals surface area contributed by atoms with Crippen molar-refractivity contribution in [2.45, 2.75) is 30.8 Å². The number of nitrogens with one attached hydrogen (secondary N) is 1. The van der Waals surface area contributed by atoms with Crippen LogP contribution in [0.25, 0.3) is 0 Å². The monoisotopic (exact) mass is 484 g/mol. The van der Waals surface area contributed by atoms with Crippen LogP contribution in [0.5, 0.6) is 0 Å². The first-order chi connectivity index (χ1) is 16.3. The van der Waals surface area contributed by atoms with E-state index < -0.39 is 17.1 Å². The van der Waals surface area contributed by atoms with Gasteiger partial charge in [0.15, 0.2) is 0 Å². The summed E-state index contributed by atoms with van der Waals surface area (Å²) in [6.07, 6.45) is -3.80. The Morgan fingerprint density at radius 2 is 1.76 bits per heavy atom. The van der Waals surface area contributed by atoms with Crippen LogP contribution in [-0.2, 0) is 15.8 Å². The Bertz CT molecular complexity index is 1170. The molecule has 3 aromatic rings. The molecule has 1 N–H and O–H groups in total. The number of rotatable bonds is 6. The molecule has 4 nitrogen and oxygen atoms in total. The second-order valence-electron chi connectivity index (χ2n) is 7.96. The molecule has 2 atom stereocenters. The van der Waals surface area contributed by atoms with Gasteiger partial charge in [-0.05, 0) is 53.9 Å². The summed E-state index contributed by atoms with van der Waals surface area (Å²) >= 11 is 1.39. The number of alkyl halides is 3. The van der Waals surface area contributed by atoms with Crippen LogP contribution < -0.4 is 10.2 Å². The maximum atomic E-state index is 13.0. The lowest BCUT2D eigenvalue weighted by atomic mass is 9.95. The molecule has 0 aliphatic carbocycles. The minimum atomic E-state index is -4.44. The number of benzene rings is 3. The number of carbonyl (C=O) groups excluding carboxylic acids is 2. The number of carbonyl (C=O) groups is 2. The Morgan fingerprint density at radius 1 is 1.06 bits per heavy atom. The van der Waals surface area contributed by atoms with Crippen molar-refractivity contribution in [3.05, 3.63) is 95.6 Å². The van der Waals surface area contributed by atoms with E-state index in [-0.39, 0.29) is 23.5 Å². The molecule has 0 bridgehead atoms. The summed E-state index contributed by atoms with van der Waals surface area (Å²) in [6.45, 7) is 1.95. The third-order valence-electron chi connectivity index (χ3n) is 5.71. The standard InChI is InChI=1S/C26H23F3N2O2S/c1-2-22(17-7-4-3-5-8-17)24(33)30-20-10-6-9-18(15-20)25-31(23(32)16-34-25)21-13-11-19(12-14-21)26(27,28)29/h3-15,22,25H,2,16H2,1H3,(H,30,33). The van der Waals surface area contributed by atoms with Gasteiger partial charge in [-0.15, -0.1) is 11.8 Å². The molecule has 0 aromatic heterocycles. The molecule has 2 unspecified atom stereocenters. The number of thioether (sulfide) groups is 1. The van der Waals surface area contributed by atoms with Gasteiger partial charge in [0.25, 0.3) is 0 Å². The quantitative estimate of drug-likeness (QED) is 0.428. The van der Waals surface area contributed by atoms with Crippen molar-refractivity contribution in [1.29, 1.82) is 0 Å². The van der Waals surface area contributed by atoms with Crippen LogP contribution in [0.3, 0.4) is 0 Å². The number of halogens is 3. The molecular weight excluding hydrogens is 461 g/mol. The first kappa shape index (κ1) is 23.9. The molecule has 8 heteroatoms. The van der Waals surface area contributed by atoms with Gasteiger partial charge in [-0.3, -0.25) is 14.5 Å². The van der Waals surface area contributed by atoms with E-state index in [0.717, 1.165) is 23.3 Å². The minimum Gasteiger partial charge on any atom is -0.326 e. The zero-order valence-electron chi connectivity index (χ0n) is 18.4. The summed E-state index contributed by atoms with van der Waals surface area (Å²) in [7, 11) is 0. The van der Waals surface area contributed by atoms with Crippen LogP contribution in [-0.4, -0.2) is 17.6 Å². The van der Waals surface area contributed by atoms with Crippen LogP contribution in [0.1, 0.15) is 41.3 Å². The zero-order chi connectivity index (χ0) is 24.3. The van der Waals surface area contributed by atoms with Gasteiger partial charge in [-0.1, -0.05) is 49.4 Å². The molecule has 1 fully saturated rings. The first-order valence-electron chi connectivity index (χ1n) is 10.8. The Kier molecular flexibility index (Phi) is 6.97. The Labute approximate surface area is 200 Å². The molecule has 1 heterocycles. The molecule has 0 saturated carbocycles. The summed E-state index contributed by atoms with van der Waals surface area (Å²) in [4.78, 5) is 27.1. The summed E-state index contributed by atoms with van der Waals surface area (Å²) in [6, 6.07) is 21.4. The van der Waals surface area contributed by atoms with Crippen LogP contribution in [0.2, 0.25) is 0 Å². The predicted octanol–water partition coefficient (Wildman–Crippen LogP) is 6.62. The summed E-state index contributed by atoms with van der Waals surface area (Å²) in [5.41, 5.74) is 1.95. The molecular formula is C26H23F3N2O2S. The largest absolute Gasteiger partial charge is 0.416 e. The average Bonchev–Trinajstić information content (AvgIpc) is 3.21. The molecule has 34 heavy (non-hydrogen) atoms. The summed E-state index contributed by atoms with van der Waals surface area (Å²) < 4.78 is 38.8. The third kappa shape index (κ3) is 5.12. The van der Waals surface area contributed by atoms with E-state index in [9.17, 15) is 22.8 Å². The highest BCUT2D eigenvalue weighted by Gasteiger charge is 2.35. The SMILES string of the molecule is CCC(C(=O)Nc1cccc(C2SCC(=O)N2c2ccc(C(F)(F)F)cc2)c1)c1ccccc1. The second kappa shape index (κ2) is 9.93. The van der Waals surface area contributed by atoms with Crippen molar-refractivity contribution in [1.82, 2.24) is 0 Å².